The zero-order chi connectivity index (χ0) is 12.8. The van der Waals surface area contributed by atoms with Gasteiger partial charge in [-0.1, -0.05) is 13.0 Å². The molecular formula is C14H18O3. The first kappa shape index (κ1) is 13.3. The third-order valence-electron chi connectivity index (χ3n) is 2.67. The van der Waals surface area contributed by atoms with Crippen molar-refractivity contribution in [1.82, 2.24) is 0 Å². The topological polar surface area (TPSA) is 35.5 Å². The lowest BCUT2D eigenvalue weighted by atomic mass is 10.0. The number of benzene rings is 1. The van der Waals surface area contributed by atoms with Gasteiger partial charge in [-0.2, -0.15) is 0 Å². The Morgan fingerprint density at radius 3 is 2.35 bits per heavy atom. The molecule has 1 aromatic rings. The first-order chi connectivity index (χ1) is 8.17. The van der Waals surface area contributed by atoms with E-state index in [1.54, 1.807) is 32.4 Å². The molecule has 92 valence electrons. The van der Waals surface area contributed by atoms with Crippen molar-refractivity contribution in [2.75, 3.05) is 14.2 Å². The second-order valence-corrected chi connectivity index (χ2v) is 3.57. The van der Waals surface area contributed by atoms with Gasteiger partial charge in [0.2, 0.25) is 0 Å². The van der Waals surface area contributed by atoms with E-state index in [4.69, 9.17) is 9.47 Å². The van der Waals surface area contributed by atoms with Gasteiger partial charge in [-0.05, 0) is 37.1 Å². The highest BCUT2D eigenvalue weighted by Gasteiger charge is 2.13. The maximum Gasteiger partial charge on any atom is 0.188 e. The summed E-state index contributed by atoms with van der Waals surface area (Å²) in [5.41, 5.74) is 1.43. The van der Waals surface area contributed by atoms with Crippen LogP contribution in [0.3, 0.4) is 0 Å². The summed E-state index contributed by atoms with van der Waals surface area (Å²) in [4.78, 5) is 12.1. The average molecular weight is 234 g/mol. The van der Waals surface area contributed by atoms with Crippen LogP contribution in [0.25, 0.3) is 0 Å². The van der Waals surface area contributed by atoms with E-state index in [1.165, 1.54) is 0 Å². The van der Waals surface area contributed by atoms with Crippen LogP contribution in [0, 0.1) is 0 Å². The van der Waals surface area contributed by atoms with Crippen LogP contribution in [-0.4, -0.2) is 20.0 Å². The largest absolute Gasteiger partial charge is 0.493 e. The number of ketones is 1. The highest BCUT2D eigenvalue weighted by atomic mass is 16.5. The smallest absolute Gasteiger partial charge is 0.188 e. The Labute approximate surface area is 102 Å². The number of rotatable bonds is 5. The van der Waals surface area contributed by atoms with Gasteiger partial charge in [0.25, 0.3) is 0 Å². The molecule has 1 aromatic carbocycles. The van der Waals surface area contributed by atoms with Crippen LogP contribution >= 0.6 is 0 Å². The molecule has 0 unspecified atom stereocenters. The Balaban J connectivity index is 3.12. The Bertz CT molecular complexity index is 433. The molecule has 0 bridgehead atoms. The first-order valence-corrected chi connectivity index (χ1v) is 5.59. The van der Waals surface area contributed by atoms with Crippen molar-refractivity contribution >= 4 is 5.78 Å². The van der Waals surface area contributed by atoms with Crippen molar-refractivity contribution < 1.29 is 14.3 Å². The molecular weight excluding hydrogens is 216 g/mol. The van der Waals surface area contributed by atoms with Crippen LogP contribution in [0.4, 0.5) is 0 Å². The number of carbonyl (C=O) groups excluding carboxylic acids is 1. The highest BCUT2D eigenvalue weighted by molar-refractivity contribution is 6.08. The SMILES string of the molecule is C/C=C(/CC)C(=O)c1ccc(OC)c(OC)c1. The fraction of sp³-hybridized carbons (Fsp3) is 0.357. The van der Waals surface area contributed by atoms with E-state index in [9.17, 15) is 4.79 Å². The van der Waals surface area contributed by atoms with E-state index in [-0.39, 0.29) is 5.78 Å². The molecule has 0 radical (unpaired) electrons. The normalized spacial score (nSPS) is 11.2. The fourth-order valence-electron chi connectivity index (χ4n) is 1.66. The number of ether oxygens (including phenoxy) is 2. The fourth-order valence-corrected chi connectivity index (χ4v) is 1.66. The number of Topliss-reactive ketones (excluding diaryl/α,β-unsaturated/α-hetero) is 1. The van der Waals surface area contributed by atoms with Crippen molar-refractivity contribution in [2.24, 2.45) is 0 Å². The van der Waals surface area contributed by atoms with E-state index in [0.717, 1.165) is 12.0 Å². The molecule has 0 N–H and O–H groups in total. The minimum Gasteiger partial charge on any atom is -0.493 e. The summed E-state index contributed by atoms with van der Waals surface area (Å²) in [7, 11) is 3.13. The Kier molecular flexibility index (Phi) is 4.76. The third kappa shape index (κ3) is 2.87. The van der Waals surface area contributed by atoms with Crippen LogP contribution in [0.15, 0.2) is 29.8 Å². The first-order valence-electron chi connectivity index (χ1n) is 5.59. The third-order valence-corrected chi connectivity index (χ3v) is 2.67. The maximum absolute atomic E-state index is 12.1. The van der Waals surface area contributed by atoms with Gasteiger partial charge in [-0.3, -0.25) is 4.79 Å². The van der Waals surface area contributed by atoms with Crippen LogP contribution in [0.1, 0.15) is 30.6 Å². The van der Waals surface area contributed by atoms with Crippen LogP contribution in [0.2, 0.25) is 0 Å². The molecule has 0 spiro atoms. The van der Waals surface area contributed by atoms with Gasteiger partial charge in [0.05, 0.1) is 14.2 Å². The molecule has 0 heterocycles. The maximum atomic E-state index is 12.1. The predicted octanol–water partition coefficient (Wildman–Crippen LogP) is 3.24. The quantitative estimate of drug-likeness (QED) is 0.579. The van der Waals surface area contributed by atoms with Crippen molar-refractivity contribution in [1.29, 1.82) is 0 Å². The minimum absolute atomic E-state index is 0.0379. The molecule has 0 aliphatic heterocycles. The number of carbonyl (C=O) groups is 1. The summed E-state index contributed by atoms with van der Waals surface area (Å²) < 4.78 is 10.3. The van der Waals surface area contributed by atoms with Crippen molar-refractivity contribution in [3.05, 3.63) is 35.4 Å². The molecule has 0 atom stereocenters. The van der Waals surface area contributed by atoms with Crippen LogP contribution < -0.4 is 9.47 Å². The van der Waals surface area contributed by atoms with E-state index in [2.05, 4.69) is 0 Å². The summed E-state index contributed by atoms with van der Waals surface area (Å²) in [5, 5.41) is 0. The number of allylic oxidation sites excluding steroid dienone is 2. The van der Waals surface area contributed by atoms with E-state index in [0.29, 0.717) is 17.1 Å². The van der Waals surface area contributed by atoms with Crippen LogP contribution in [-0.2, 0) is 0 Å². The van der Waals surface area contributed by atoms with Gasteiger partial charge >= 0.3 is 0 Å². The van der Waals surface area contributed by atoms with Gasteiger partial charge in [-0.25, -0.2) is 0 Å². The number of hydrogen-bond donors (Lipinski definition) is 0. The lowest BCUT2D eigenvalue weighted by Crippen LogP contribution is -2.03. The molecule has 0 saturated carbocycles. The van der Waals surface area contributed by atoms with Gasteiger partial charge in [0.15, 0.2) is 17.3 Å². The monoisotopic (exact) mass is 234 g/mol. The van der Waals surface area contributed by atoms with Gasteiger partial charge < -0.3 is 9.47 Å². The summed E-state index contributed by atoms with van der Waals surface area (Å²) in [6, 6.07) is 5.21. The highest BCUT2D eigenvalue weighted by Crippen LogP contribution is 2.28. The molecule has 0 aromatic heterocycles. The summed E-state index contributed by atoms with van der Waals surface area (Å²) in [6.07, 6.45) is 2.57. The molecule has 0 amide bonds. The summed E-state index contributed by atoms with van der Waals surface area (Å²) in [5.74, 6) is 1.24. The lowest BCUT2D eigenvalue weighted by molar-refractivity contribution is 0.103. The van der Waals surface area contributed by atoms with E-state index < -0.39 is 0 Å². The van der Waals surface area contributed by atoms with Gasteiger partial charge in [-0.15, -0.1) is 0 Å². The van der Waals surface area contributed by atoms with Gasteiger partial charge in [0, 0.05) is 5.56 Å². The molecule has 3 nitrogen and oxygen atoms in total. The molecule has 0 saturated heterocycles. The zero-order valence-electron chi connectivity index (χ0n) is 10.7. The molecule has 0 aliphatic rings. The Morgan fingerprint density at radius 1 is 1.24 bits per heavy atom. The molecule has 0 fully saturated rings. The minimum atomic E-state index is 0.0379. The molecule has 0 aliphatic carbocycles. The predicted molar refractivity (Wildman–Crippen MR) is 67.9 cm³/mol. The Hall–Kier alpha value is -1.77. The standard InChI is InChI=1S/C14H18O3/c1-5-10(6-2)14(15)11-7-8-12(16-3)13(9-11)17-4/h5,7-9H,6H2,1-4H3/b10-5-. The van der Waals surface area contributed by atoms with Crippen LogP contribution in [0.5, 0.6) is 11.5 Å². The second kappa shape index (κ2) is 6.09. The molecule has 1 rings (SSSR count). The Morgan fingerprint density at radius 2 is 1.88 bits per heavy atom. The second-order valence-electron chi connectivity index (χ2n) is 3.57. The average Bonchev–Trinajstić information content (AvgIpc) is 2.39. The lowest BCUT2D eigenvalue weighted by Gasteiger charge is -2.09. The van der Waals surface area contributed by atoms with E-state index >= 15 is 0 Å². The molecule has 3 heteroatoms. The number of hydrogen-bond acceptors (Lipinski definition) is 3. The van der Waals surface area contributed by atoms with Crippen molar-refractivity contribution in [2.45, 2.75) is 20.3 Å². The van der Waals surface area contributed by atoms with Crippen molar-refractivity contribution in [3.8, 4) is 11.5 Å². The number of methoxy groups -OCH3 is 2. The van der Waals surface area contributed by atoms with E-state index in [1.807, 2.05) is 19.9 Å². The van der Waals surface area contributed by atoms with Crippen molar-refractivity contribution in [3.63, 3.8) is 0 Å². The summed E-state index contributed by atoms with van der Waals surface area (Å²) in [6.45, 7) is 3.84. The molecule has 17 heavy (non-hydrogen) atoms. The zero-order valence-corrected chi connectivity index (χ0v) is 10.7. The van der Waals surface area contributed by atoms with Gasteiger partial charge in [0.1, 0.15) is 0 Å². The summed E-state index contributed by atoms with van der Waals surface area (Å²) >= 11 is 0.